The number of aromatic nitrogens is 10. The van der Waals surface area contributed by atoms with Crippen LogP contribution in [0.25, 0.3) is 266 Å². The van der Waals surface area contributed by atoms with Crippen LogP contribution in [0.15, 0.2) is 400 Å². The minimum Gasteiger partial charge on any atom is -0.344 e. The fraction of sp³-hybridized carbons (Fsp3) is 0.0672. The van der Waals surface area contributed by atoms with Gasteiger partial charge in [-0.25, -0.2) is 19.4 Å². The Morgan fingerprint density at radius 2 is 0.470 bits per heavy atom. The van der Waals surface area contributed by atoms with Gasteiger partial charge in [0.1, 0.15) is 0 Å². The van der Waals surface area contributed by atoms with Crippen molar-refractivity contribution in [1.82, 2.24) is 45.7 Å². The van der Waals surface area contributed by atoms with Crippen molar-refractivity contribution in [3.05, 3.63) is 474 Å². The molecule has 0 fully saturated rings. The predicted molar refractivity (Wildman–Crippen MR) is 623 cm³/mol. The molecule has 15 heteroatoms. The highest BCUT2D eigenvalue weighted by atomic mass is 15.0. The van der Waals surface area contributed by atoms with Crippen LogP contribution in [0.2, 0.25) is 0 Å². The van der Waals surface area contributed by atoms with Gasteiger partial charge in [-0.3, -0.25) is 0 Å². The Balaban J connectivity index is 0.0000000941. The molecule has 30 rings (SSSR count). The fourth-order valence-electron chi connectivity index (χ4n) is 24.0. The van der Waals surface area contributed by atoms with Gasteiger partial charge in [-0.05, 0) is 243 Å². The lowest BCUT2D eigenvalue weighted by Gasteiger charge is -2.10. The summed E-state index contributed by atoms with van der Waals surface area (Å²) < 4.78 is 22.8. The molecule has 20 aromatic carbocycles. The molecule has 0 spiro atoms. The van der Waals surface area contributed by atoms with Gasteiger partial charge in [-0.2, -0.15) is 5.26 Å². The monoisotopic (exact) mass is 1910 g/mol. The van der Waals surface area contributed by atoms with Crippen LogP contribution in [0.1, 0.15) is 27.8 Å². The van der Waals surface area contributed by atoms with Crippen LogP contribution < -0.4 is 0 Å². The molecule has 0 N–H and O–H groups in total. The maximum absolute atomic E-state index is 9.76. The molecule has 0 saturated carbocycles. The van der Waals surface area contributed by atoms with E-state index in [1.165, 1.54) is 191 Å². The maximum atomic E-state index is 9.76. The van der Waals surface area contributed by atoms with Crippen molar-refractivity contribution in [2.45, 2.75) is 27.7 Å². The quantitative estimate of drug-likeness (QED) is 0.158. The highest BCUT2D eigenvalue weighted by Crippen LogP contribution is 2.47. The van der Waals surface area contributed by atoms with E-state index in [2.05, 4.69) is 462 Å². The van der Waals surface area contributed by atoms with E-state index in [0.717, 1.165) is 77.4 Å². The van der Waals surface area contributed by atoms with Crippen LogP contribution in [-0.4, -0.2) is 45.7 Å². The first-order valence-electron chi connectivity index (χ1n) is 49.9. The molecule has 0 bridgehead atoms. The van der Waals surface area contributed by atoms with E-state index < -0.39 is 0 Å². The predicted octanol–water partition coefficient (Wildman–Crippen LogP) is 35.5. The standard InChI is InChI=1S/C27H16N4.3C27H19N3.C26H20N2/c1-29-21-9-6-12-25-27(21)26-17(16-28)7-5-11-24(26)31(25)18-13-14-23-20(15-18)19-8-3-4-10-22(19)30(23)2;1-17-7-6-9-21-22-15-18(28-2)11-13-26(22)30(27(17)21)19-12-14-25-23(16-19)20-8-4-5-10-24(20)29(25)3;1-17-8-11-26-21(14-17)22-15-18(28-2)9-12-27(22)30(26)19-10-13-25-23(16-19)20-6-4-5-7-24(20)29(25)3;1-17-8-11-21-22-12-9-18(28-2)15-27(22)30(26(21)14-17)19-10-13-25-23(16-19)20-6-4-5-7-24(20)29(25)3;1-17-8-7-11-22-20-10-4-6-13-24(20)28(26(17)22)18-14-15-21-19-9-3-5-12-23(19)27(2)25(21)16-18/h3-15H,2H3;3*4-16H,1,3H3;3-16H,1-2H3. The highest BCUT2D eigenvalue weighted by molar-refractivity contribution is 6.21. The number of aryl methyl sites for hydroxylation is 9. The summed E-state index contributed by atoms with van der Waals surface area (Å²) in [7, 11) is 10.6. The lowest BCUT2D eigenvalue weighted by atomic mass is 10.1. The summed E-state index contributed by atoms with van der Waals surface area (Å²) in [5.41, 5.74) is 37.3. The average molecular weight is 1910 g/mol. The summed E-state index contributed by atoms with van der Waals surface area (Å²) in [6, 6.07) is 143. The number of rotatable bonds is 5. The summed E-state index contributed by atoms with van der Waals surface area (Å²) in [5.74, 6) is 0. The molecule has 10 heterocycles. The molecule has 704 valence electrons. The normalized spacial score (nSPS) is 11.6. The zero-order valence-electron chi connectivity index (χ0n) is 83.3. The molecule has 30 aromatic rings. The first-order chi connectivity index (χ1) is 72.9. The lowest BCUT2D eigenvalue weighted by molar-refractivity contribution is 1.01. The average Bonchev–Trinajstić information content (AvgIpc) is 1.57. The Kier molecular flexibility index (Phi) is 20.8. The second-order valence-electron chi connectivity index (χ2n) is 39.1. The van der Waals surface area contributed by atoms with Crippen LogP contribution >= 0.6 is 0 Å². The summed E-state index contributed by atoms with van der Waals surface area (Å²) in [6.07, 6.45) is 0. The van der Waals surface area contributed by atoms with Gasteiger partial charge in [0.05, 0.1) is 87.6 Å². The van der Waals surface area contributed by atoms with Crippen LogP contribution in [0.5, 0.6) is 0 Å². The number of hydrogen-bond donors (Lipinski definition) is 0. The molecule has 0 aliphatic rings. The number of hydrogen-bond acceptors (Lipinski definition) is 1. The topological polar surface area (TPSA) is 90.5 Å². The minimum absolute atomic E-state index is 0.565. The van der Waals surface area contributed by atoms with E-state index >= 15 is 0 Å². The molecule has 0 amide bonds. The molecule has 0 unspecified atom stereocenters. The molecule has 0 atom stereocenters. The summed E-state index contributed by atoms with van der Waals surface area (Å²) in [6.45, 7) is 38.6. The second-order valence-corrected chi connectivity index (χ2v) is 39.1. The van der Waals surface area contributed by atoms with Crippen molar-refractivity contribution in [2.24, 2.45) is 35.2 Å². The largest absolute Gasteiger partial charge is 0.344 e. The van der Waals surface area contributed by atoms with Gasteiger partial charge < -0.3 is 45.7 Å². The fourth-order valence-corrected chi connectivity index (χ4v) is 24.0. The molecule has 149 heavy (non-hydrogen) atoms. The van der Waals surface area contributed by atoms with Gasteiger partial charge in [0, 0.05) is 221 Å². The Morgan fingerprint density at radius 1 is 0.195 bits per heavy atom. The Hall–Kier alpha value is -20.2. The van der Waals surface area contributed by atoms with Crippen LogP contribution in [0.3, 0.4) is 0 Å². The number of fused-ring (bicyclic) bond motifs is 30. The Morgan fingerprint density at radius 3 is 0.946 bits per heavy atom. The van der Waals surface area contributed by atoms with Crippen LogP contribution in [0.4, 0.5) is 22.7 Å². The maximum Gasteiger partial charge on any atom is 0.197 e. The van der Waals surface area contributed by atoms with Crippen molar-refractivity contribution < 1.29 is 0 Å². The number of nitriles is 1. The smallest absolute Gasteiger partial charge is 0.197 e. The van der Waals surface area contributed by atoms with Gasteiger partial charge in [0.15, 0.2) is 22.7 Å². The van der Waals surface area contributed by atoms with Crippen molar-refractivity contribution >= 4 is 241 Å². The summed E-state index contributed by atoms with van der Waals surface area (Å²) >= 11 is 0. The summed E-state index contributed by atoms with van der Waals surface area (Å²) in [5, 5.41) is 33.6. The minimum atomic E-state index is 0.565. The third-order valence-corrected chi connectivity index (χ3v) is 30.9. The Bertz CT molecular complexity index is 11100. The van der Waals surface area contributed by atoms with E-state index in [4.69, 9.17) is 26.3 Å². The van der Waals surface area contributed by atoms with Gasteiger partial charge in [0.25, 0.3) is 0 Å². The van der Waals surface area contributed by atoms with E-state index in [0.29, 0.717) is 28.3 Å². The van der Waals surface area contributed by atoms with E-state index in [-0.39, 0.29) is 0 Å². The van der Waals surface area contributed by atoms with Crippen molar-refractivity contribution in [2.75, 3.05) is 0 Å². The van der Waals surface area contributed by atoms with Crippen molar-refractivity contribution in [1.29, 1.82) is 5.26 Å². The van der Waals surface area contributed by atoms with E-state index in [1.807, 2.05) is 72.8 Å². The Labute approximate surface area is 857 Å². The molecule has 15 nitrogen and oxygen atoms in total. The van der Waals surface area contributed by atoms with Gasteiger partial charge in [0.2, 0.25) is 0 Å². The van der Waals surface area contributed by atoms with Crippen LogP contribution in [-0.2, 0) is 35.2 Å². The first kappa shape index (κ1) is 89.0. The number of benzene rings is 20. The van der Waals surface area contributed by atoms with Gasteiger partial charge in [-0.15, -0.1) is 0 Å². The van der Waals surface area contributed by atoms with Crippen LogP contribution in [0, 0.1) is 65.3 Å². The number of nitrogens with zero attached hydrogens (tertiary/aromatic N) is 15. The van der Waals surface area contributed by atoms with Crippen molar-refractivity contribution in [3.63, 3.8) is 0 Å². The third kappa shape index (κ3) is 13.9. The van der Waals surface area contributed by atoms with E-state index in [1.54, 1.807) is 0 Å². The lowest BCUT2D eigenvalue weighted by Crippen LogP contribution is -1.96. The SMILES string of the molecule is Cc1cccc2c3ccccc3n(-c3ccc4c5ccccc5n(C)c4c3)c12.[C-]#[N+]c1ccc2c(c1)c1cc(C)ccc1n2-c1ccc2c(c1)c1ccccc1n2C.[C-]#[N+]c1ccc2c(c1)c1cccc(C)c1n2-c1ccc2c(c1)c1ccccc1n2C.[C-]#[N+]c1ccc2c3ccc(C)cc3n(-c3ccc4c(c3)c3ccccc3n4C)c2c1.[C-]#[N+]c1cccc2c1c1c(C#N)cccc1n2-c1ccc2c(c1)c1ccccc1n2C. The van der Waals surface area contributed by atoms with Crippen molar-refractivity contribution in [3.8, 4) is 34.5 Å². The number of para-hydroxylation sites is 8. The zero-order chi connectivity index (χ0) is 101. The molecule has 10 aromatic heterocycles. The summed E-state index contributed by atoms with van der Waals surface area (Å²) in [4.78, 5) is 14.7. The van der Waals surface area contributed by atoms with Gasteiger partial charge >= 0.3 is 0 Å². The molecule has 0 aliphatic carbocycles. The third-order valence-electron chi connectivity index (χ3n) is 30.9. The molecular weight excluding hydrogens is 1820 g/mol. The molecular formula is C134H93N15. The molecule has 0 saturated heterocycles. The van der Waals surface area contributed by atoms with Gasteiger partial charge in [-0.1, -0.05) is 218 Å². The zero-order valence-corrected chi connectivity index (χ0v) is 83.3. The highest BCUT2D eigenvalue weighted by Gasteiger charge is 2.26. The second kappa shape index (κ2) is 34.9. The molecule has 0 aliphatic heterocycles. The van der Waals surface area contributed by atoms with E-state index in [9.17, 15) is 5.26 Å². The molecule has 0 radical (unpaired) electrons. The first-order valence-corrected chi connectivity index (χ1v) is 49.9.